The van der Waals surface area contributed by atoms with E-state index in [0.717, 1.165) is 12.8 Å². The lowest BCUT2D eigenvalue weighted by molar-refractivity contribution is -0.138. The van der Waals surface area contributed by atoms with Gasteiger partial charge in [-0.1, -0.05) is 19.1 Å². The fourth-order valence-corrected chi connectivity index (χ4v) is 1.54. The summed E-state index contributed by atoms with van der Waals surface area (Å²) in [6.45, 7) is 4.58. The molecule has 0 aromatic heterocycles. The average Bonchev–Trinajstić information content (AvgIpc) is 2.12. The number of allylic oxidation sites excluding steroid dienone is 2. The Labute approximate surface area is 86.0 Å². The number of hydrogen-bond donors (Lipinski definition) is 2. The molecule has 0 fully saturated rings. The Morgan fingerprint density at radius 3 is 2.64 bits per heavy atom. The van der Waals surface area contributed by atoms with E-state index in [1.165, 1.54) is 0 Å². The van der Waals surface area contributed by atoms with Crippen molar-refractivity contribution in [2.45, 2.75) is 33.1 Å². The zero-order chi connectivity index (χ0) is 11.0. The smallest absolute Gasteiger partial charge is 0.303 e. The van der Waals surface area contributed by atoms with E-state index < -0.39 is 5.97 Å². The molecule has 3 heteroatoms. The fraction of sp³-hybridized carbons (Fsp3) is 0.727. The van der Waals surface area contributed by atoms with Crippen LogP contribution in [0.15, 0.2) is 12.2 Å². The maximum absolute atomic E-state index is 10.5. The van der Waals surface area contributed by atoms with E-state index in [-0.39, 0.29) is 12.3 Å². The molecule has 14 heavy (non-hydrogen) atoms. The van der Waals surface area contributed by atoms with E-state index in [0.29, 0.717) is 12.5 Å². The number of carboxylic acids is 1. The standard InChI is InChI=1S/C11H21NO2/c1-3-4-5-9(2)6-10(8-12)7-11(13)14/h3-4,9-10H,5-8,12H2,1-2H3,(H,13,14)/b4-3+/t9-,10+/m1/s1. The maximum Gasteiger partial charge on any atom is 0.303 e. The van der Waals surface area contributed by atoms with Gasteiger partial charge in [-0.15, -0.1) is 0 Å². The molecule has 3 nitrogen and oxygen atoms in total. The molecule has 0 rings (SSSR count). The van der Waals surface area contributed by atoms with Gasteiger partial charge in [0.05, 0.1) is 0 Å². The predicted octanol–water partition coefficient (Wildman–Crippen LogP) is 2.03. The van der Waals surface area contributed by atoms with Gasteiger partial charge in [0, 0.05) is 6.42 Å². The Kier molecular flexibility index (Phi) is 7.11. The maximum atomic E-state index is 10.5. The molecule has 3 N–H and O–H groups in total. The highest BCUT2D eigenvalue weighted by molar-refractivity contribution is 5.67. The lowest BCUT2D eigenvalue weighted by Crippen LogP contribution is -2.20. The highest BCUT2D eigenvalue weighted by Gasteiger charge is 2.14. The number of nitrogens with two attached hydrogens (primary N) is 1. The first-order valence-electron chi connectivity index (χ1n) is 5.13. The van der Waals surface area contributed by atoms with E-state index in [1.807, 2.05) is 13.0 Å². The summed E-state index contributed by atoms with van der Waals surface area (Å²) in [5, 5.41) is 8.63. The van der Waals surface area contributed by atoms with Crippen molar-refractivity contribution in [3.8, 4) is 0 Å². The fourth-order valence-electron chi connectivity index (χ4n) is 1.54. The minimum Gasteiger partial charge on any atom is -0.481 e. The average molecular weight is 199 g/mol. The second-order valence-corrected chi connectivity index (χ2v) is 3.85. The summed E-state index contributed by atoms with van der Waals surface area (Å²) in [4.78, 5) is 10.5. The number of carbonyl (C=O) groups is 1. The Morgan fingerprint density at radius 2 is 2.21 bits per heavy atom. The largest absolute Gasteiger partial charge is 0.481 e. The number of rotatable bonds is 7. The Morgan fingerprint density at radius 1 is 1.57 bits per heavy atom. The molecule has 0 aromatic rings. The third-order valence-corrected chi connectivity index (χ3v) is 2.31. The predicted molar refractivity (Wildman–Crippen MR) is 58.0 cm³/mol. The molecule has 0 amide bonds. The highest BCUT2D eigenvalue weighted by atomic mass is 16.4. The SMILES string of the molecule is C/C=C/C[C@@H](C)C[C@H](CN)CC(=O)O. The second kappa shape index (κ2) is 7.56. The van der Waals surface area contributed by atoms with E-state index in [4.69, 9.17) is 10.8 Å². The van der Waals surface area contributed by atoms with Gasteiger partial charge in [0.25, 0.3) is 0 Å². The molecule has 2 atom stereocenters. The number of aliphatic carboxylic acids is 1. The van der Waals surface area contributed by atoms with Crippen molar-refractivity contribution in [2.75, 3.05) is 6.54 Å². The van der Waals surface area contributed by atoms with E-state index in [2.05, 4.69) is 13.0 Å². The minimum absolute atomic E-state index is 0.118. The molecular weight excluding hydrogens is 178 g/mol. The van der Waals surface area contributed by atoms with Crippen LogP contribution in [0.2, 0.25) is 0 Å². The molecule has 0 aromatic carbocycles. The summed E-state index contributed by atoms with van der Waals surface area (Å²) in [5.41, 5.74) is 5.52. The van der Waals surface area contributed by atoms with Gasteiger partial charge in [-0.2, -0.15) is 0 Å². The molecule has 0 aliphatic heterocycles. The van der Waals surface area contributed by atoms with Crippen LogP contribution in [0.4, 0.5) is 0 Å². The molecule has 0 spiro atoms. The van der Waals surface area contributed by atoms with Gasteiger partial charge >= 0.3 is 5.97 Å². The normalized spacial score (nSPS) is 15.6. The molecule has 0 saturated heterocycles. The van der Waals surface area contributed by atoms with Crippen molar-refractivity contribution in [1.82, 2.24) is 0 Å². The van der Waals surface area contributed by atoms with Crippen LogP contribution in [0, 0.1) is 11.8 Å². The Bertz CT molecular complexity index is 190. The number of carboxylic acid groups (broad SMARTS) is 1. The second-order valence-electron chi connectivity index (χ2n) is 3.85. The molecule has 0 radical (unpaired) electrons. The zero-order valence-corrected chi connectivity index (χ0v) is 9.07. The molecule has 0 unspecified atom stereocenters. The Balaban J connectivity index is 3.85. The molecule has 0 heterocycles. The lowest BCUT2D eigenvalue weighted by Gasteiger charge is -2.16. The van der Waals surface area contributed by atoms with Gasteiger partial charge in [-0.3, -0.25) is 4.79 Å². The molecule has 0 saturated carbocycles. The van der Waals surface area contributed by atoms with Crippen LogP contribution in [0.25, 0.3) is 0 Å². The molecule has 0 aliphatic rings. The van der Waals surface area contributed by atoms with Crippen LogP contribution < -0.4 is 5.73 Å². The van der Waals surface area contributed by atoms with Crippen LogP contribution in [-0.4, -0.2) is 17.6 Å². The molecular formula is C11H21NO2. The monoisotopic (exact) mass is 199 g/mol. The lowest BCUT2D eigenvalue weighted by atomic mass is 9.91. The van der Waals surface area contributed by atoms with Crippen LogP contribution in [0.5, 0.6) is 0 Å². The minimum atomic E-state index is -0.751. The topological polar surface area (TPSA) is 63.3 Å². The van der Waals surface area contributed by atoms with Crippen molar-refractivity contribution < 1.29 is 9.90 Å². The molecule has 0 bridgehead atoms. The summed E-state index contributed by atoms with van der Waals surface area (Å²) in [5.74, 6) is -0.120. The summed E-state index contributed by atoms with van der Waals surface area (Å²) in [6.07, 6.45) is 6.22. The van der Waals surface area contributed by atoms with Gasteiger partial charge in [-0.05, 0) is 38.1 Å². The third kappa shape index (κ3) is 6.66. The number of hydrogen-bond acceptors (Lipinski definition) is 2. The van der Waals surface area contributed by atoms with Crippen molar-refractivity contribution in [1.29, 1.82) is 0 Å². The summed E-state index contributed by atoms with van der Waals surface area (Å²) < 4.78 is 0. The first-order chi connectivity index (χ1) is 6.60. The van der Waals surface area contributed by atoms with E-state index >= 15 is 0 Å². The summed E-state index contributed by atoms with van der Waals surface area (Å²) in [6, 6.07) is 0. The van der Waals surface area contributed by atoms with Crippen molar-refractivity contribution in [2.24, 2.45) is 17.6 Å². The third-order valence-electron chi connectivity index (χ3n) is 2.31. The summed E-state index contributed by atoms with van der Waals surface area (Å²) >= 11 is 0. The first kappa shape index (κ1) is 13.2. The van der Waals surface area contributed by atoms with Crippen LogP contribution >= 0.6 is 0 Å². The van der Waals surface area contributed by atoms with Crippen molar-refractivity contribution >= 4 is 5.97 Å². The van der Waals surface area contributed by atoms with Gasteiger partial charge in [0.1, 0.15) is 0 Å². The van der Waals surface area contributed by atoms with Crippen molar-refractivity contribution in [3.05, 3.63) is 12.2 Å². The quantitative estimate of drug-likeness (QED) is 0.617. The highest BCUT2D eigenvalue weighted by Crippen LogP contribution is 2.17. The van der Waals surface area contributed by atoms with Gasteiger partial charge in [-0.25, -0.2) is 0 Å². The van der Waals surface area contributed by atoms with E-state index in [1.54, 1.807) is 0 Å². The molecule has 82 valence electrons. The first-order valence-corrected chi connectivity index (χ1v) is 5.13. The zero-order valence-electron chi connectivity index (χ0n) is 9.07. The summed E-state index contributed by atoms with van der Waals surface area (Å²) in [7, 11) is 0. The van der Waals surface area contributed by atoms with Gasteiger partial charge < -0.3 is 10.8 Å². The Hall–Kier alpha value is -0.830. The van der Waals surface area contributed by atoms with Crippen LogP contribution in [0.1, 0.15) is 33.1 Å². The van der Waals surface area contributed by atoms with Crippen LogP contribution in [0.3, 0.4) is 0 Å². The van der Waals surface area contributed by atoms with Crippen molar-refractivity contribution in [3.63, 3.8) is 0 Å². The van der Waals surface area contributed by atoms with E-state index in [9.17, 15) is 4.79 Å². The molecule has 0 aliphatic carbocycles. The van der Waals surface area contributed by atoms with Gasteiger partial charge in [0.15, 0.2) is 0 Å². The van der Waals surface area contributed by atoms with Gasteiger partial charge in [0.2, 0.25) is 0 Å². The van der Waals surface area contributed by atoms with Crippen LogP contribution in [-0.2, 0) is 4.79 Å².